The summed E-state index contributed by atoms with van der Waals surface area (Å²) in [6.45, 7) is 5.67. The molecule has 0 aromatic heterocycles. The number of nitrogens with zero attached hydrogens (tertiary/aromatic N) is 1. The standard InChI is InChI=1S/C10H20N2O3/c1-8(2)6-12(7-9(11)13)5-3-4-10(14)15/h8H,3-7H2,1-2H3,(H2,11,13)(H,14,15). The smallest absolute Gasteiger partial charge is 0.303 e. The fourth-order valence-electron chi connectivity index (χ4n) is 1.43. The molecule has 0 atom stereocenters. The van der Waals surface area contributed by atoms with Crippen molar-refractivity contribution in [2.75, 3.05) is 19.6 Å². The largest absolute Gasteiger partial charge is 0.481 e. The van der Waals surface area contributed by atoms with E-state index in [9.17, 15) is 9.59 Å². The van der Waals surface area contributed by atoms with Crippen LogP contribution in [0.2, 0.25) is 0 Å². The Morgan fingerprint density at radius 2 is 2.00 bits per heavy atom. The van der Waals surface area contributed by atoms with E-state index in [2.05, 4.69) is 0 Å². The monoisotopic (exact) mass is 216 g/mol. The molecule has 3 N–H and O–H groups in total. The Kier molecular flexibility index (Phi) is 6.70. The highest BCUT2D eigenvalue weighted by atomic mass is 16.4. The van der Waals surface area contributed by atoms with Crippen molar-refractivity contribution in [3.63, 3.8) is 0 Å². The van der Waals surface area contributed by atoms with Crippen LogP contribution in [0, 0.1) is 5.92 Å². The maximum Gasteiger partial charge on any atom is 0.303 e. The molecule has 0 heterocycles. The number of hydrogen-bond acceptors (Lipinski definition) is 3. The summed E-state index contributed by atoms with van der Waals surface area (Å²) in [6.07, 6.45) is 0.683. The van der Waals surface area contributed by atoms with Gasteiger partial charge in [0.25, 0.3) is 0 Å². The van der Waals surface area contributed by atoms with Crippen LogP contribution >= 0.6 is 0 Å². The number of carboxylic acid groups (broad SMARTS) is 1. The first kappa shape index (κ1) is 13.9. The molecule has 15 heavy (non-hydrogen) atoms. The van der Waals surface area contributed by atoms with Crippen LogP contribution in [0.5, 0.6) is 0 Å². The van der Waals surface area contributed by atoms with Crippen molar-refractivity contribution in [1.82, 2.24) is 4.90 Å². The molecule has 0 fully saturated rings. The van der Waals surface area contributed by atoms with Crippen LogP contribution in [-0.2, 0) is 9.59 Å². The van der Waals surface area contributed by atoms with Crippen LogP contribution in [0.15, 0.2) is 0 Å². The maximum atomic E-state index is 10.8. The van der Waals surface area contributed by atoms with Crippen molar-refractivity contribution in [3.05, 3.63) is 0 Å². The highest BCUT2D eigenvalue weighted by Crippen LogP contribution is 2.01. The lowest BCUT2D eigenvalue weighted by molar-refractivity contribution is -0.137. The van der Waals surface area contributed by atoms with Crippen molar-refractivity contribution in [3.8, 4) is 0 Å². The number of nitrogens with two attached hydrogens (primary N) is 1. The van der Waals surface area contributed by atoms with E-state index >= 15 is 0 Å². The SMILES string of the molecule is CC(C)CN(CCCC(=O)O)CC(N)=O. The van der Waals surface area contributed by atoms with Crippen LogP contribution in [0.25, 0.3) is 0 Å². The van der Waals surface area contributed by atoms with E-state index < -0.39 is 5.97 Å². The predicted molar refractivity (Wildman–Crippen MR) is 57.3 cm³/mol. The van der Waals surface area contributed by atoms with Gasteiger partial charge in [-0.1, -0.05) is 13.8 Å². The molecular weight excluding hydrogens is 196 g/mol. The lowest BCUT2D eigenvalue weighted by Gasteiger charge is -2.22. The molecule has 0 radical (unpaired) electrons. The van der Waals surface area contributed by atoms with E-state index in [0.717, 1.165) is 6.54 Å². The second kappa shape index (κ2) is 7.23. The Labute approximate surface area is 90.2 Å². The number of carbonyl (C=O) groups excluding carboxylic acids is 1. The Balaban J connectivity index is 3.89. The predicted octanol–water partition coefficient (Wildman–Crippen LogP) is 0.295. The molecule has 0 aliphatic heterocycles. The van der Waals surface area contributed by atoms with E-state index in [4.69, 9.17) is 10.8 Å². The van der Waals surface area contributed by atoms with Crippen LogP contribution in [0.3, 0.4) is 0 Å². The number of rotatable bonds is 8. The molecule has 1 amide bonds. The summed E-state index contributed by atoms with van der Waals surface area (Å²) >= 11 is 0. The summed E-state index contributed by atoms with van der Waals surface area (Å²) < 4.78 is 0. The van der Waals surface area contributed by atoms with Gasteiger partial charge in [-0.05, 0) is 18.9 Å². The molecule has 0 spiro atoms. The molecule has 0 aromatic carbocycles. The molecule has 0 unspecified atom stereocenters. The molecule has 0 saturated carbocycles. The zero-order valence-electron chi connectivity index (χ0n) is 9.40. The fraction of sp³-hybridized carbons (Fsp3) is 0.800. The Morgan fingerprint density at radius 1 is 1.40 bits per heavy atom. The third-order valence-electron chi connectivity index (χ3n) is 1.87. The average molecular weight is 216 g/mol. The van der Waals surface area contributed by atoms with Gasteiger partial charge in [0, 0.05) is 13.0 Å². The first-order chi connectivity index (χ1) is 6.91. The van der Waals surface area contributed by atoms with Crippen molar-refractivity contribution < 1.29 is 14.7 Å². The van der Waals surface area contributed by atoms with Gasteiger partial charge in [0.05, 0.1) is 6.54 Å². The normalized spacial score (nSPS) is 10.9. The molecule has 0 rings (SSSR count). The van der Waals surface area contributed by atoms with Crippen LogP contribution < -0.4 is 5.73 Å². The quantitative estimate of drug-likeness (QED) is 0.611. The van der Waals surface area contributed by atoms with Gasteiger partial charge in [0.1, 0.15) is 0 Å². The van der Waals surface area contributed by atoms with Crippen LogP contribution in [-0.4, -0.2) is 41.5 Å². The van der Waals surface area contributed by atoms with Gasteiger partial charge in [-0.2, -0.15) is 0 Å². The molecule has 0 bridgehead atoms. The number of aliphatic carboxylic acids is 1. The van der Waals surface area contributed by atoms with Crippen LogP contribution in [0.1, 0.15) is 26.7 Å². The van der Waals surface area contributed by atoms with Gasteiger partial charge < -0.3 is 10.8 Å². The molecule has 5 nitrogen and oxygen atoms in total. The van der Waals surface area contributed by atoms with Gasteiger partial charge >= 0.3 is 5.97 Å². The van der Waals surface area contributed by atoms with Gasteiger partial charge in [0.2, 0.25) is 5.91 Å². The minimum absolute atomic E-state index is 0.132. The molecular formula is C10H20N2O3. The Morgan fingerprint density at radius 3 is 2.40 bits per heavy atom. The number of carboxylic acids is 1. The summed E-state index contributed by atoms with van der Waals surface area (Å²) in [5.41, 5.74) is 5.10. The Bertz CT molecular complexity index is 217. The van der Waals surface area contributed by atoms with E-state index in [1.165, 1.54) is 0 Å². The number of carbonyl (C=O) groups is 2. The topological polar surface area (TPSA) is 83.6 Å². The minimum atomic E-state index is -0.807. The molecule has 0 aliphatic rings. The van der Waals surface area contributed by atoms with E-state index in [1.807, 2.05) is 18.7 Å². The summed E-state index contributed by atoms with van der Waals surface area (Å²) in [6, 6.07) is 0. The molecule has 0 saturated heterocycles. The lowest BCUT2D eigenvalue weighted by Crippen LogP contribution is -2.37. The fourth-order valence-corrected chi connectivity index (χ4v) is 1.43. The second-order valence-electron chi connectivity index (χ2n) is 4.09. The first-order valence-electron chi connectivity index (χ1n) is 5.14. The van der Waals surface area contributed by atoms with Gasteiger partial charge in [0.15, 0.2) is 0 Å². The number of hydrogen-bond donors (Lipinski definition) is 2. The van der Waals surface area contributed by atoms with Crippen molar-refractivity contribution in [2.24, 2.45) is 11.7 Å². The van der Waals surface area contributed by atoms with Crippen molar-refractivity contribution in [1.29, 1.82) is 0 Å². The average Bonchev–Trinajstić information content (AvgIpc) is 2.00. The summed E-state index contributed by atoms with van der Waals surface area (Å²) in [7, 11) is 0. The highest BCUT2D eigenvalue weighted by Gasteiger charge is 2.10. The molecule has 88 valence electrons. The molecule has 5 heteroatoms. The molecule has 0 aromatic rings. The second-order valence-corrected chi connectivity index (χ2v) is 4.09. The van der Waals surface area contributed by atoms with E-state index in [0.29, 0.717) is 18.9 Å². The highest BCUT2D eigenvalue weighted by molar-refractivity contribution is 5.75. The zero-order chi connectivity index (χ0) is 11.8. The van der Waals surface area contributed by atoms with E-state index in [-0.39, 0.29) is 18.9 Å². The van der Waals surface area contributed by atoms with Gasteiger partial charge in [-0.3, -0.25) is 14.5 Å². The minimum Gasteiger partial charge on any atom is -0.481 e. The summed E-state index contributed by atoms with van der Waals surface area (Å²) in [4.78, 5) is 23.0. The number of primary amides is 1. The van der Waals surface area contributed by atoms with Gasteiger partial charge in [-0.15, -0.1) is 0 Å². The molecule has 0 aliphatic carbocycles. The third-order valence-corrected chi connectivity index (χ3v) is 1.87. The first-order valence-corrected chi connectivity index (χ1v) is 5.14. The third kappa shape index (κ3) is 9.21. The van der Waals surface area contributed by atoms with Crippen LogP contribution in [0.4, 0.5) is 0 Å². The zero-order valence-corrected chi connectivity index (χ0v) is 9.40. The number of amides is 1. The van der Waals surface area contributed by atoms with Crippen molar-refractivity contribution >= 4 is 11.9 Å². The van der Waals surface area contributed by atoms with E-state index in [1.54, 1.807) is 0 Å². The Hall–Kier alpha value is -1.10. The maximum absolute atomic E-state index is 10.8. The van der Waals surface area contributed by atoms with Gasteiger partial charge in [-0.25, -0.2) is 0 Å². The lowest BCUT2D eigenvalue weighted by atomic mass is 10.2. The summed E-state index contributed by atoms with van der Waals surface area (Å²) in [5.74, 6) is -0.737. The van der Waals surface area contributed by atoms with Crippen molar-refractivity contribution in [2.45, 2.75) is 26.7 Å². The summed E-state index contributed by atoms with van der Waals surface area (Å²) in [5, 5.41) is 8.48.